The number of benzene rings is 1. The molecule has 0 N–H and O–H groups in total. The van der Waals surface area contributed by atoms with Crippen molar-refractivity contribution in [1.29, 1.82) is 0 Å². The second kappa shape index (κ2) is 6.35. The molecule has 4 rings (SSSR count). The molecule has 10 heteroatoms. The molecule has 0 aliphatic carbocycles. The van der Waals surface area contributed by atoms with Gasteiger partial charge in [-0.25, -0.2) is 17.9 Å². The van der Waals surface area contributed by atoms with Gasteiger partial charge in [0.1, 0.15) is 12.4 Å². The van der Waals surface area contributed by atoms with Crippen LogP contribution >= 0.6 is 22.9 Å². The molecule has 5 nitrogen and oxygen atoms in total. The summed E-state index contributed by atoms with van der Waals surface area (Å²) in [5.41, 5.74) is 0.571. The molecule has 1 aromatic carbocycles. The summed E-state index contributed by atoms with van der Waals surface area (Å²) in [4.78, 5) is 25.9. The highest BCUT2D eigenvalue weighted by atomic mass is 35.5. The zero-order valence-corrected chi connectivity index (χ0v) is 15.2. The van der Waals surface area contributed by atoms with Crippen LogP contribution in [-0.4, -0.2) is 39.6 Å². The number of carbonyl (C=O) groups is 1. The number of rotatable bonds is 3. The van der Waals surface area contributed by atoms with Crippen LogP contribution in [0.2, 0.25) is 5.02 Å². The number of thiophene rings is 1. The number of amides is 1. The first-order valence-electron chi connectivity index (χ1n) is 7.83. The minimum Gasteiger partial charge on any atom is -0.329 e. The van der Waals surface area contributed by atoms with Crippen molar-refractivity contribution < 1.29 is 18.0 Å². The van der Waals surface area contributed by atoms with E-state index in [4.69, 9.17) is 11.6 Å². The molecular formula is C17H11ClF3N3O2S. The number of fused-ring (bicyclic) bond motifs is 1. The molecule has 2 aromatic heterocycles. The summed E-state index contributed by atoms with van der Waals surface area (Å²) in [6.45, 7) is -1.73. The minimum atomic E-state index is -2.87. The Balaban J connectivity index is 1.70. The molecule has 1 saturated heterocycles. The summed E-state index contributed by atoms with van der Waals surface area (Å²) in [5, 5.41) is 5.92. The number of carbonyl (C=O) groups excluding carboxylic acids is 1. The van der Waals surface area contributed by atoms with Gasteiger partial charge in [0, 0.05) is 10.9 Å². The molecule has 0 bridgehead atoms. The summed E-state index contributed by atoms with van der Waals surface area (Å²) in [6, 6.07) is 4.12. The lowest BCUT2D eigenvalue weighted by Crippen LogP contribution is -2.59. The Bertz CT molecular complexity index is 1120. The number of halogens is 4. The van der Waals surface area contributed by atoms with Gasteiger partial charge in [-0.3, -0.25) is 9.59 Å². The average Bonchev–Trinajstić information content (AvgIpc) is 3.02. The smallest absolute Gasteiger partial charge is 0.282 e. The van der Waals surface area contributed by atoms with Crippen LogP contribution in [0.5, 0.6) is 0 Å². The summed E-state index contributed by atoms with van der Waals surface area (Å²) >= 11 is 7.10. The second-order valence-electron chi connectivity index (χ2n) is 6.23. The van der Waals surface area contributed by atoms with Crippen molar-refractivity contribution in [2.75, 3.05) is 13.1 Å². The van der Waals surface area contributed by atoms with Gasteiger partial charge in [-0.2, -0.15) is 5.10 Å². The van der Waals surface area contributed by atoms with Crippen LogP contribution < -0.4 is 5.56 Å². The normalized spacial score (nSPS) is 15.8. The predicted molar refractivity (Wildman–Crippen MR) is 95.8 cm³/mol. The van der Waals surface area contributed by atoms with E-state index in [1.165, 1.54) is 35.7 Å². The van der Waals surface area contributed by atoms with Crippen LogP contribution in [0, 0.1) is 5.82 Å². The fourth-order valence-electron chi connectivity index (χ4n) is 2.90. The maximum absolute atomic E-state index is 13.4. The quantitative estimate of drug-likeness (QED) is 0.661. The summed E-state index contributed by atoms with van der Waals surface area (Å²) in [7, 11) is 0. The van der Waals surface area contributed by atoms with Crippen LogP contribution in [0.25, 0.3) is 21.2 Å². The van der Waals surface area contributed by atoms with E-state index in [1.54, 1.807) is 5.38 Å². The lowest BCUT2D eigenvalue weighted by Gasteiger charge is -2.38. The van der Waals surface area contributed by atoms with E-state index in [0.29, 0.717) is 21.2 Å². The number of nitrogens with zero attached hydrogens (tertiary/aromatic N) is 3. The molecule has 1 amide bonds. The highest BCUT2D eigenvalue weighted by Crippen LogP contribution is 2.33. The monoisotopic (exact) mass is 413 g/mol. The van der Waals surface area contributed by atoms with E-state index in [-0.39, 0.29) is 5.02 Å². The first-order valence-corrected chi connectivity index (χ1v) is 9.09. The van der Waals surface area contributed by atoms with Gasteiger partial charge in [-0.15, -0.1) is 11.3 Å². The largest absolute Gasteiger partial charge is 0.329 e. The lowest BCUT2D eigenvalue weighted by atomic mass is 10.1. The number of likely N-dealkylation sites (tertiary alicyclic amines) is 1. The van der Waals surface area contributed by atoms with Crippen molar-refractivity contribution in [2.45, 2.75) is 12.5 Å². The van der Waals surface area contributed by atoms with Gasteiger partial charge in [0.15, 0.2) is 0 Å². The highest BCUT2D eigenvalue weighted by molar-refractivity contribution is 7.17. The van der Waals surface area contributed by atoms with Gasteiger partial charge in [0.05, 0.1) is 34.4 Å². The van der Waals surface area contributed by atoms with Crippen LogP contribution in [0.1, 0.15) is 0 Å². The van der Waals surface area contributed by atoms with E-state index >= 15 is 0 Å². The number of hydrogen-bond donors (Lipinski definition) is 0. The third kappa shape index (κ3) is 3.21. The molecular weight excluding hydrogens is 403 g/mol. The lowest BCUT2D eigenvalue weighted by molar-refractivity contribution is -0.166. The molecule has 140 valence electrons. The SMILES string of the molecule is O=C(Cn1ncc2scc(-c3ccc(F)c(Cl)c3)c2c1=O)N1CC(F)(F)C1. The van der Waals surface area contributed by atoms with E-state index in [1.807, 2.05) is 0 Å². The first-order chi connectivity index (χ1) is 12.7. The van der Waals surface area contributed by atoms with Crippen molar-refractivity contribution in [3.63, 3.8) is 0 Å². The summed E-state index contributed by atoms with van der Waals surface area (Å²) in [6.07, 6.45) is 1.44. The molecule has 1 fully saturated rings. The number of alkyl halides is 2. The zero-order valence-electron chi connectivity index (χ0n) is 13.6. The van der Waals surface area contributed by atoms with Crippen LogP contribution in [-0.2, 0) is 11.3 Å². The third-order valence-electron chi connectivity index (χ3n) is 4.29. The molecule has 0 unspecified atom stereocenters. The molecule has 3 heterocycles. The van der Waals surface area contributed by atoms with Gasteiger partial charge in [-0.1, -0.05) is 17.7 Å². The molecule has 1 aliphatic heterocycles. The maximum Gasteiger partial charge on any atom is 0.282 e. The Morgan fingerprint density at radius 1 is 1.33 bits per heavy atom. The molecule has 0 spiro atoms. The van der Waals surface area contributed by atoms with Crippen molar-refractivity contribution >= 4 is 38.9 Å². The average molecular weight is 414 g/mol. The van der Waals surface area contributed by atoms with Crippen LogP contribution in [0.15, 0.2) is 34.6 Å². The van der Waals surface area contributed by atoms with Gasteiger partial charge in [0.2, 0.25) is 5.91 Å². The summed E-state index contributed by atoms with van der Waals surface area (Å²) < 4.78 is 40.8. The van der Waals surface area contributed by atoms with E-state index < -0.39 is 42.8 Å². The van der Waals surface area contributed by atoms with Gasteiger partial charge in [-0.05, 0) is 17.7 Å². The van der Waals surface area contributed by atoms with E-state index in [2.05, 4.69) is 5.10 Å². The Hall–Kier alpha value is -2.39. The van der Waals surface area contributed by atoms with Crippen LogP contribution in [0.3, 0.4) is 0 Å². The maximum atomic E-state index is 13.4. The number of aromatic nitrogens is 2. The van der Waals surface area contributed by atoms with Crippen molar-refractivity contribution in [2.24, 2.45) is 0 Å². The summed E-state index contributed by atoms with van der Waals surface area (Å²) in [5.74, 6) is -4.05. The molecule has 0 radical (unpaired) electrons. The van der Waals surface area contributed by atoms with E-state index in [9.17, 15) is 22.8 Å². The first kappa shape index (κ1) is 18.0. The number of hydrogen-bond acceptors (Lipinski definition) is 4. The van der Waals surface area contributed by atoms with Crippen LogP contribution in [0.4, 0.5) is 13.2 Å². The predicted octanol–water partition coefficient (Wildman–Crippen LogP) is 3.40. The van der Waals surface area contributed by atoms with Gasteiger partial charge in [0.25, 0.3) is 11.5 Å². The van der Waals surface area contributed by atoms with Gasteiger partial charge < -0.3 is 4.90 Å². The minimum absolute atomic E-state index is 0.0740. The highest BCUT2D eigenvalue weighted by Gasteiger charge is 2.46. The fraction of sp³-hybridized carbons (Fsp3) is 0.235. The third-order valence-corrected chi connectivity index (χ3v) is 5.50. The zero-order chi connectivity index (χ0) is 19.3. The molecule has 27 heavy (non-hydrogen) atoms. The Labute approximate surface area is 159 Å². The Morgan fingerprint density at radius 3 is 2.74 bits per heavy atom. The topological polar surface area (TPSA) is 55.2 Å². The molecule has 1 aliphatic rings. The molecule has 0 saturated carbocycles. The van der Waals surface area contributed by atoms with E-state index in [0.717, 1.165) is 9.58 Å². The molecule has 3 aromatic rings. The van der Waals surface area contributed by atoms with Crippen molar-refractivity contribution in [3.05, 3.63) is 51.0 Å². The Morgan fingerprint density at radius 2 is 2.07 bits per heavy atom. The second-order valence-corrected chi connectivity index (χ2v) is 7.55. The fourth-order valence-corrected chi connectivity index (χ4v) is 4.00. The standard InChI is InChI=1S/C17H11ClF3N3O2S/c18-11-3-9(1-2-12(11)19)10-6-27-13-4-22-24(16(26)15(10)13)5-14(25)23-7-17(20,21)8-23/h1-4,6H,5,7-8H2. The Kier molecular flexibility index (Phi) is 4.23. The van der Waals surface area contributed by atoms with Gasteiger partial charge >= 0.3 is 0 Å². The molecule has 0 atom stereocenters. The van der Waals surface area contributed by atoms with Crippen molar-refractivity contribution in [3.8, 4) is 11.1 Å². The van der Waals surface area contributed by atoms with Crippen molar-refractivity contribution in [1.82, 2.24) is 14.7 Å².